The van der Waals surface area contributed by atoms with Gasteiger partial charge < -0.3 is 0 Å². The van der Waals surface area contributed by atoms with Crippen LogP contribution in [0.3, 0.4) is 0 Å². The van der Waals surface area contributed by atoms with Crippen molar-refractivity contribution in [3.05, 3.63) is 22.8 Å². The molecule has 1 heterocycles. The molecule has 0 aliphatic heterocycles. The van der Waals surface area contributed by atoms with Gasteiger partial charge in [0.2, 0.25) is 5.95 Å². The topological polar surface area (TPSA) is 36.7 Å². The molecule has 2 nitrogen and oxygen atoms in total. The summed E-state index contributed by atoms with van der Waals surface area (Å²) in [6.07, 6.45) is 0. The first-order valence-corrected chi connectivity index (χ1v) is 6.48. The Morgan fingerprint density at radius 1 is 1.11 bits per heavy atom. The second kappa shape index (κ2) is 4.59. The van der Waals surface area contributed by atoms with Crippen LogP contribution >= 0.6 is 9.24 Å². The van der Waals surface area contributed by atoms with E-state index in [4.69, 9.17) is 0 Å². The van der Waals surface area contributed by atoms with Crippen molar-refractivity contribution < 1.29 is 4.39 Å². The summed E-state index contributed by atoms with van der Waals surface area (Å²) in [5, 5.41) is 9.58. The third kappa shape index (κ3) is 2.70. The summed E-state index contributed by atoms with van der Waals surface area (Å²) in [4.78, 5) is 4.08. The van der Waals surface area contributed by atoms with Crippen molar-refractivity contribution in [3.63, 3.8) is 0 Å². The normalized spacial score (nSPS) is 12.4. The second-order valence-electron chi connectivity index (χ2n) is 6.53. The zero-order valence-corrected chi connectivity index (χ0v) is 13.0. The lowest BCUT2D eigenvalue weighted by Gasteiger charge is -2.30. The number of halogens is 1. The molecule has 0 aromatic carbocycles. The van der Waals surface area contributed by atoms with E-state index in [2.05, 4.69) is 20.3 Å². The van der Waals surface area contributed by atoms with Crippen molar-refractivity contribution in [3.8, 4) is 6.07 Å². The van der Waals surface area contributed by atoms with Crippen LogP contribution in [0.5, 0.6) is 0 Å². The molecule has 0 aliphatic rings. The summed E-state index contributed by atoms with van der Waals surface area (Å²) in [6, 6.07) is 2.12. The molecule has 0 spiro atoms. The van der Waals surface area contributed by atoms with Crippen molar-refractivity contribution in [2.45, 2.75) is 52.4 Å². The SMILES string of the molecule is CC(C)(C)c1nc(F)c(P)c(C#N)c1C(C)(C)C. The highest BCUT2D eigenvalue weighted by Gasteiger charge is 2.31. The highest BCUT2D eigenvalue weighted by molar-refractivity contribution is 7.27. The van der Waals surface area contributed by atoms with Gasteiger partial charge >= 0.3 is 0 Å². The average Bonchev–Trinajstić information content (AvgIpc) is 2.17. The van der Waals surface area contributed by atoms with Crippen LogP contribution in [-0.4, -0.2) is 4.98 Å². The van der Waals surface area contributed by atoms with Gasteiger partial charge in [0.05, 0.1) is 11.3 Å². The Morgan fingerprint density at radius 3 is 1.94 bits per heavy atom. The summed E-state index contributed by atoms with van der Waals surface area (Å²) >= 11 is 0. The van der Waals surface area contributed by atoms with E-state index in [1.807, 2.05) is 41.5 Å². The first-order valence-electron chi connectivity index (χ1n) is 5.90. The number of pyridine rings is 1. The smallest absolute Gasteiger partial charge is 0.221 e. The van der Waals surface area contributed by atoms with Crippen LogP contribution in [0.25, 0.3) is 0 Å². The van der Waals surface area contributed by atoms with E-state index in [0.29, 0.717) is 11.3 Å². The lowest BCUT2D eigenvalue weighted by Crippen LogP contribution is -2.29. The summed E-state index contributed by atoms with van der Waals surface area (Å²) in [6.45, 7) is 12.0. The van der Waals surface area contributed by atoms with Crippen LogP contribution in [0, 0.1) is 17.3 Å². The molecule has 4 heteroatoms. The Kier molecular flexibility index (Phi) is 3.84. The van der Waals surface area contributed by atoms with Gasteiger partial charge in [0.1, 0.15) is 6.07 Å². The molecular formula is C14H20FN2P. The molecule has 0 radical (unpaired) electrons. The lowest BCUT2D eigenvalue weighted by atomic mass is 9.76. The molecule has 0 saturated carbocycles. The maximum absolute atomic E-state index is 13.8. The minimum absolute atomic E-state index is 0.250. The molecule has 0 aliphatic carbocycles. The first-order chi connectivity index (χ1) is 8.00. The number of rotatable bonds is 0. The van der Waals surface area contributed by atoms with E-state index >= 15 is 0 Å². The van der Waals surface area contributed by atoms with Gasteiger partial charge in [-0.05, 0) is 11.0 Å². The first kappa shape index (κ1) is 15.1. The largest absolute Gasteiger partial charge is 0.223 e. The van der Waals surface area contributed by atoms with Crippen molar-refractivity contribution in [2.75, 3.05) is 0 Å². The Morgan fingerprint density at radius 2 is 1.61 bits per heavy atom. The Labute approximate surface area is 111 Å². The minimum Gasteiger partial charge on any atom is -0.223 e. The fourth-order valence-corrected chi connectivity index (χ4v) is 2.23. The predicted octanol–water partition coefficient (Wildman–Crippen LogP) is 3.19. The monoisotopic (exact) mass is 266 g/mol. The quantitative estimate of drug-likeness (QED) is 0.534. The van der Waals surface area contributed by atoms with Crippen LogP contribution in [0.15, 0.2) is 0 Å². The molecule has 0 bridgehead atoms. The standard InChI is InChI=1S/C14H20FN2P/c1-13(2,3)9-8(7-16)10(18)12(15)17-11(9)14(4,5)6/h18H2,1-6H3. The molecule has 1 aromatic rings. The lowest BCUT2D eigenvalue weighted by molar-refractivity contribution is 0.489. The summed E-state index contributed by atoms with van der Waals surface area (Å²) in [7, 11) is 2.29. The number of nitriles is 1. The maximum Gasteiger partial charge on any atom is 0.221 e. The third-order valence-corrected chi connectivity index (χ3v) is 3.29. The van der Waals surface area contributed by atoms with Crippen LogP contribution in [0.1, 0.15) is 58.4 Å². The molecule has 98 valence electrons. The maximum atomic E-state index is 13.8. The highest BCUT2D eigenvalue weighted by Crippen LogP contribution is 2.34. The molecule has 1 unspecified atom stereocenters. The van der Waals surface area contributed by atoms with Crippen molar-refractivity contribution in [1.29, 1.82) is 5.26 Å². The Balaban J connectivity index is 3.85. The van der Waals surface area contributed by atoms with E-state index in [-0.39, 0.29) is 16.1 Å². The third-order valence-electron chi connectivity index (χ3n) is 2.76. The Hall–Kier alpha value is -1.00. The molecule has 0 saturated heterocycles. The molecule has 18 heavy (non-hydrogen) atoms. The molecule has 1 atom stereocenters. The van der Waals surface area contributed by atoms with Gasteiger partial charge in [-0.1, -0.05) is 50.8 Å². The van der Waals surface area contributed by atoms with E-state index in [1.54, 1.807) is 0 Å². The van der Waals surface area contributed by atoms with E-state index < -0.39 is 5.95 Å². The van der Waals surface area contributed by atoms with Gasteiger partial charge in [0.15, 0.2) is 0 Å². The summed E-state index contributed by atoms with van der Waals surface area (Å²) < 4.78 is 13.8. The number of aromatic nitrogens is 1. The second-order valence-corrected chi connectivity index (χ2v) is 7.10. The van der Waals surface area contributed by atoms with Gasteiger partial charge in [-0.15, -0.1) is 0 Å². The van der Waals surface area contributed by atoms with E-state index in [9.17, 15) is 9.65 Å². The van der Waals surface area contributed by atoms with Gasteiger partial charge in [0, 0.05) is 10.7 Å². The van der Waals surface area contributed by atoms with Crippen molar-refractivity contribution in [1.82, 2.24) is 4.98 Å². The van der Waals surface area contributed by atoms with Crippen LogP contribution in [0.2, 0.25) is 0 Å². The zero-order valence-electron chi connectivity index (χ0n) is 11.8. The van der Waals surface area contributed by atoms with Gasteiger partial charge in [-0.25, -0.2) is 4.98 Å². The minimum atomic E-state index is -0.575. The van der Waals surface area contributed by atoms with E-state index in [0.717, 1.165) is 5.56 Å². The number of nitrogens with zero attached hydrogens (tertiary/aromatic N) is 2. The Bertz CT molecular complexity index is 517. The van der Waals surface area contributed by atoms with Crippen LogP contribution in [0.4, 0.5) is 4.39 Å². The molecule has 0 fully saturated rings. The fraction of sp³-hybridized carbons (Fsp3) is 0.571. The predicted molar refractivity (Wildman–Crippen MR) is 75.7 cm³/mol. The van der Waals surface area contributed by atoms with E-state index in [1.165, 1.54) is 0 Å². The van der Waals surface area contributed by atoms with Crippen molar-refractivity contribution >= 4 is 14.5 Å². The fourth-order valence-electron chi connectivity index (χ4n) is 1.96. The van der Waals surface area contributed by atoms with Gasteiger partial charge in [0.25, 0.3) is 0 Å². The molecule has 0 amide bonds. The summed E-state index contributed by atoms with van der Waals surface area (Å²) in [5.41, 5.74) is 1.34. The van der Waals surface area contributed by atoms with Gasteiger partial charge in [-0.3, -0.25) is 0 Å². The number of hydrogen-bond acceptors (Lipinski definition) is 2. The molecule has 0 N–H and O–H groups in total. The average molecular weight is 266 g/mol. The van der Waals surface area contributed by atoms with Crippen molar-refractivity contribution in [2.24, 2.45) is 0 Å². The zero-order chi connectivity index (χ0) is 14.3. The molecule has 1 rings (SSSR count). The van der Waals surface area contributed by atoms with Crippen LogP contribution in [-0.2, 0) is 10.8 Å². The molecule has 1 aromatic heterocycles. The highest BCUT2D eigenvalue weighted by atomic mass is 31.0. The van der Waals surface area contributed by atoms with Crippen LogP contribution < -0.4 is 5.30 Å². The number of hydrogen-bond donors (Lipinski definition) is 0. The van der Waals surface area contributed by atoms with Gasteiger partial charge in [-0.2, -0.15) is 9.65 Å². The summed E-state index contributed by atoms with van der Waals surface area (Å²) in [5.74, 6) is -0.575. The molecular weight excluding hydrogens is 246 g/mol.